The minimum Gasteiger partial charge on any atom is -0.493 e. The second-order valence-electron chi connectivity index (χ2n) is 8.29. The molecule has 0 unspecified atom stereocenters. The lowest BCUT2D eigenvalue weighted by molar-refractivity contribution is -0.118. The molecule has 4 rings (SSSR count). The van der Waals surface area contributed by atoms with E-state index in [1.807, 2.05) is 36.4 Å². The van der Waals surface area contributed by atoms with Crippen LogP contribution in [-0.2, 0) is 11.3 Å². The van der Waals surface area contributed by atoms with Crippen molar-refractivity contribution in [1.82, 2.24) is 10.3 Å². The highest BCUT2D eigenvalue weighted by molar-refractivity contribution is 7.99. The Morgan fingerprint density at radius 1 is 1.00 bits per heavy atom. The second-order valence-corrected chi connectivity index (χ2v) is 9.39. The van der Waals surface area contributed by atoms with Crippen LogP contribution in [-0.4, -0.2) is 48.2 Å². The number of hydrogen-bond acceptors (Lipinski definition) is 5. The van der Waals surface area contributed by atoms with Crippen LogP contribution in [0.1, 0.15) is 30.4 Å². The van der Waals surface area contributed by atoms with Gasteiger partial charge in [-0.3, -0.25) is 9.69 Å². The number of thioether (sulfide) groups is 1. The van der Waals surface area contributed by atoms with Gasteiger partial charge in [0.05, 0.1) is 18.6 Å². The highest BCUT2D eigenvalue weighted by Crippen LogP contribution is 2.20. The van der Waals surface area contributed by atoms with Crippen molar-refractivity contribution >= 4 is 34.7 Å². The lowest BCUT2D eigenvalue weighted by Crippen LogP contribution is -2.29. The van der Waals surface area contributed by atoms with E-state index in [-0.39, 0.29) is 5.91 Å². The Labute approximate surface area is 200 Å². The molecule has 0 radical (unpaired) electrons. The maximum absolute atomic E-state index is 12.0. The highest BCUT2D eigenvalue weighted by atomic mass is 32.2. The number of nitrogens with zero attached hydrogens (tertiary/aromatic N) is 2. The number of carbonyl (C=O) groups is 1. The van der Waals surface area contributed by atoms with E-state index in [2.05, 4.69) is 45.8 Å². The summed E-state index contributed by atoms with van der Waals surface area (Å²) in [5.74, 6) is 1.84. The highest BCUT2D eigenvalue weighted by Gasteiger charge is 2.10. The normalized spacial score (nSPS) is 14.5. The predicted molar refractivity (Wildman–Crippen MR) is 138 cm³/mol. The molecule has 1 amide bonds. The third-order valence-corrected chi connectivity index (χ3v) is 6.58. The van der Waals surface area contributed by atoms with Gasteiger partial charge in [-0.1, -0.05) is 48.9 Å². The molecule has 1 heterocycles. The average Bonchev–Trinajstić information content (AvgIpc) is 2.85. The second kappa shape index (κ2) is 12.4. The molecule has 1 N–H and O–H groups in total. The van der Waals surface area contributed by atoms with Crippen LogP contribution >= 0.6 is 11.8 Å². The van der Waals surface area contributed by atoms with Gasteiger partial charge < -0.3 is 4.74 Å². The Kier molecular flexibility index (Phi) is 8.78. The quantitative estimate of drug-likeness (QED) is 0.260. The number of amides is 1. The first-order valence-corrected chi connectivity index (χ1v) is 12.7. The van der Waals surface area contributed by atoms with Crippen molar-refractivity contribution < 1.29 is 9.53 Å². The smallest absolute Gasteiger partial charge is 0.250 e. The minimum absolute atomic E-state index is 0.112. The van der Waals surface area contributed by atoms with E-state index in [1.165, 1.54) is 60.4 Å². The van der Waals surface area contributed by atoms with E-state index in [4.69, 9.17) is 4.74 Å². The lowest BCUT2D eigenvalue weighted by Gasteiger charge is -2.26. The molecule has 3 aromatic rings. The van der Waals surface area contributed by atoms with Gasteiger partial charge in [0.25, 0.3) is 0 Å². The number of carbonyl (C=O) groups excluding carboxylic acids is 1. The molecule has 0 bridgehead atoms. The summed E-state index contributed by atoms with van der Waals surface area (Å²) in [7, 11) is 0. The summed E-state index contributed by atoms with van der Waals surface area (Å²) < 4.78 is 5.62. The standard InChI is InChI=1S/C27H31N3O2S/c31-27(21-33-16-15-32-26-7-3-1-4-8-26)29-28-19-22-9-11-25-18-23(10-12-24(25)17-22)20-30-13-5-2-6-14-30/h1,3-4,7-12,17-19H,2,5-6,13-16,20-21H2,(H,29,31)/b28-19+. The summed E-state index contributed by atoms with van der Waals surface area (Å²) in [6.07, 6.45) is 5.69. The molecule has 33 heavy (non-hydrogen) atoms. The molecule has 172 valence electrons. The van der Waals surface area contributed by atoms with E-state index in [0.717, 1.165) is 23.6 Å². The number of fused-ring (bicyclic) bond motifs is 1. The molecule has 1 aliphatic rings. The molecule has 0 spiro atoms. The topological polar surface area (TPSA) is 53.9 Å². The molecule has 6 heteroatoms. The first-order chi connectivity index (χ1) is 16.3. The van der Waals surface area contributed by atoms with E-state index < -0.39 is 0 Å². The number of hydrogen-bond donors (Lipinski definition) is 1. The van der Waals surface area contributed by atoms with E-state index in [9.17, 15) is 4.79 Å². The molecule has 0 aliphatic carbocycles. The van der Waals surface area contributed by atoms with Gasteiger partial charge in [0, 0.05) is 12.3 Å². The lowest BCUT2D eigenvalue weighted by atomic mass is 10.0. The van der Waals surface area contributed by atoms with Crippen LogP contribution in [0.4, 0.5) is 0 Å². The molecule has 0 atom stereocenters. The Bertz CT molecular complexity index is 1070. The van der Waals surface area contributed by atoms with Crippen molar-refractivity contribution in [3.05, 3.63) is 77.9 Å². The van der Waals surface area contributed by atoms with Crippen LogP contribution in [0.5, 0.6) is 5.75 Å². The van der Waals surface area contributed by atoms with Crippen molar-refractivity contribution in [1.29, 1.82) is 0 Å². The van der Waals surface area contributed by atoms with Crippen LogP contribution in [0.2, 0.25) is 0 Å². The van der Waals surface area contributed by atoms with Gasteiger partial charge in [0.1, 0.15) is 5.75 Å². The van der Waals surface area contributed by atoms with E-state index in [1.54, 1.807) is 6.21 Å². The number of hydrazone groups is 1. The Morgan fingerprint density at radius 3 is 2.64 bits per heavy atom. The predicted octanol–water partition coefficient (Wildman–Crippen LogP) is 5.09. The van der Waals surface area contributed by atoms with Gasteiger partial charge >= 0.3 is 0 Å². The van der Waals surface area contributed by atoms with Crippen LogP contribution in [0, 0.1) is 0 Å². The fraction of sp³-hybridized carbons (Fsp3) is 0.333. The molecule has 3 aromatic carbocycles. The third kappa shape index (κ3) is 7.62. The van der Waals surface area contributed by atoms with Crippen molar-refractivity contribution in [3.63, 3.8) is 0 Å². The summed E-state index contributed by atoms with van der Waals surface area (Å²) in [6.45, 7) is 4.02. The first kappa shape index (κ1) is 23.3. The molecule has 0 aromatic heterocycles. The number of likely N-dealkylation sites (tertiary alicyclic amines) is 1. The summed E-state index contributed by atoms with van der Waals surface area (Å²) in [4.78, 5) is 14.5. The molecule has 5 nitrogen and oxygen atoms in total. The minimum atomic E-state index is -0.112. The van der Waals surface area contributed by atoms with E-state index >= 15 is 0 Å². The number of nitrogens with one attached hydrogen (secondary N) is 1. The molecule has 1 saturated heterocycles. The summed E-state index contributed by atoms with van der Waals surface area (Å²) in [5.41, 5.74) is 4.94. The summed E-state index contributed by atoms with van der Waals surface area (Å²) >= 11 is 1.53. The Hall–Kier alpha value is -2.83. The van der Waals surface area contributed by atoms with Crippen LogP contribution < -0.4 is 10.2 Å². The maximum atomic E-state index is 12.0. The largest absolute Gasteiger partial charge is 0.493 e. The Balaban J connectivity index is 1.19. The van der Waals surface area contributed by atoms with Gasteiger partial charge in [0.2, 0.25) is 5.91 Å². The maximum Gasteiger partial charge on any atom is 0.250 e. The molecular weight excluding hydrogens is 430 g/mol. The number of ether oxygens (including phenoxy) is 1. The van der Waals surface area contributed by atoms with Gasteiger partial charge in [-0.15, -0.1) is 11.8 Å². The van der Waals surface area contributed by atoms with Crippen LogP contribution in [0.3, 0.4) is 0 Å². The summed E-state index contributed by atoms with van der Waals surface area (Å²) in [5, 5.41) is 6.53. The van der Waals surface area contributed by atoms with E-state index in [0.29, 0.717) is 12.4 Å². The zero-order valence-corrected chi connectivity index (χ0v) is 19.7. The Morgan fingerprint density at radius 2 is 1.79 bits per heavy atom. The molecule has 1 fully saturated rings. The van der Waals surface area contributed by atoms with Crippen molar-refractivity contribution in [2.75, 3.05) is 31.2 Å². The SMILES string of the molecule is O=C(CSCCOc1ccccc1)N/N=C/c1ccc2cc(CN3CCCCC3)ccc2c1. The van der Waals surface area contributed by atoms with Gasteiger partial charge in [-0.2, -0.15) is 5.10 Å². The number of benzene rings is 3. The zero-order valence-electron chi connectivity index (χ0n) is 18.9. The molecule has 1 aliphatic heterocycles. The van der Waals surface area contributed by atoms with Crippen LogP contribution in [0.15, 0.2) is 71.8 Å². The molecular formula is C27H31N3O2S. The number of rotatable bonds is 10. The monoisotopic (exact) mass is 461 g/mol. The molecule has 0 saturated carbocycles. The summed E-state index contributed by atoms with van der Waals surface area (Å²) in [6, 6.07) is 22.6. The van der Waals surface area contributed by atoms with Gasteiger partial charge in [-0.25, -0.2) is 5.43 Å². The fourth-order valence-corrected chi connectivity index (χ4v) is 4.57. The van der Waals surface area contributed by atoms with Crippen molar-refractivity contribution in [2.45, 2.75) is 25.8 Å². The van der Waals surface area contributed by atoms with Crippen LogP contribution in [0.25, 0.3) is 10.8 Å². The van der Waals surface area contributed by atoms with Crippen molar-refractivity contribution in [3.8, 4) is 5.75 Å². The van der Waals surface area contributed by atoms with Crippen molar-refractivity contribution in [2.24, 2.45) is 5.10 Å². The third-order valence-electron chi connectivity index (χ3n) is 5.66. The first-order valence-electron chi connectivity index (χ1n) is 11.6. The number of para-hydroxylation sites is 1. The number of piperidine rings is 1. The zero-order chi connectivity index (χ0) is 22.7. The average molecular weight is 462 g/mol. The fourth-order valence-electron chi connectivity index (χ4n) is 3.98. The van der Waals surface area contributed by atoms with Gasteiger partial charge in [-0.05, 0) is 72.1 Å². The van der Waals surface area contributed by atoms with Gasteiger partial charge in [0.15, 0.2) is 0 Å².